The van der Waals surface area contributed by atoms with Crippen LogP contribution in [-0.4, -0.2) is 99.2 Å². The number of methoxy groups -OCH3 is 1. The van der Waals surface area contributed by atoms with Crippen molar-refractivity contribution < 1.29 is 23.8 Å². The van der Waals surface area contributed by atoms with Crippen molar-refractivity contribution in [2.75, 3.05) is 58.4 Å². The van der Waals surface area contributed by atoms with Gasteiger partial charge >= 0.3 is 5.97 Å². The molecule has 0 spiro atoms. The van der Waals surface area contributed by atoms with E-state index in [0.717, 1.165) is 24.3 Å². The monoisotopic (exact) mass is 639 g/mol. The number of pyridine rings is 1. The van der Waals surface area contributed by atoms with Crippen molar-refractivity contribution in [1.82, 2.24) is 39.6 Å². The van der Waals surface area contributed by atoms with E-state index in [-0.39, 0.29) is 17.6 Å². The normalized spacial score (nSPS) is 15.9. The number of aromatic nitrogens is 6. The number of hydrogen-bond donors (Lipinski definition) is 2. The van der Waals surface area contributed by atoms with Gasteiger partial charge in [-0.3, -0.25) is 14.6 Å². The fourth-order valence-corrected chi connectivity index (χ4v) is 6.19. The molecular weight excluding hydrogens is 602 g/mol. The van der Waals surface area contributed by atoms with Gasteiger partial charge in [0.2, 0.25) is 0 Å². The number of likely N-dealkylation sites (tertiary alicyclic amines) is 1. The third-order valence-electron chi connectivity index (χ3n) is 8.96. The van der Waals surface area contributed by atoms with E-state index in [9.17, 15) is 9.59 Å². The van der Waals surface area contributed by atoms with Crippen LogP contribution >= 0.6 is 0 Å². The SMILES string of the molecule is CCOC(=O)C1(C)CCN(CCNC(=O)c2nn(-c3cc4c(cc3OC)NCCO4)c3cc(-c4cnn5cccnc45)ncc23)CC1. The molecule has 1 amide bonds. The Balaban J connectivity index is 1.19. The molecule has 0 unspecified atom stereocenters. The summed E-state index contributed by atoms with van der Waals surface area (Å²) in [5.74, 6) is 0.782. The molecule has 0 radical (unpaired) electrons. The molecule has 0 saturated carbocycles. The van der Waals surface area contributed by atoms with Crippen LogP contribution in [0.5, 0.6) is 11.5 Å². The number of ether oxygens (including phenoxy) is 3. The molecule has 1 fully saturated rings. The van der Waals surface area contributed by atoms with Crippen molar-refractivity contribution in [2.45, 2.75) is 26.7 Å². The fourth-order valence-electron chi connectivity index (χ4n) is 6.19. The largest absolute Gasteiger partial charge is 0.494 e. The molecule has 2 aliphatic rings. The summed E-state index contributed by atoms with van der Waals surface area (Å²) < 4.78 is 20.4. The van der Waals surface area contributed by atoms with Crippen LogP contribution in [0.4, 0.5) is 5.69 Å². The van der Waals surface area contributed by atoms with E-state index >= 15 is 0 Å². The van der Waals surface area contributed by atoms with Gasteiger partial charge in [0.05, 0.1) is 53.2 Å². The van der Waals surface area contributed by atoms with Gasteiger partial charge in [-0.05, 0) is 51.9 Å². The maximum atomic E-state index is 13.7. The summed E-state index contributed by atoms with van der Waals surface area (Å²) in [5, 5.41) is 16.2. The Bertz CT molecular complexity index is 1960. The number of hydrogen-bond acceptors (Lipinski definition) is 11. The number of carbonyl (C=O) groups excluding carboxylic acids is 2. The lowest BCUT2D eigenvalue weighted by Gasteiger charge is -2.37. The van der Waals surface area contributed by atoms with Gasteiger partial charge in [0.15, 0.2) is 11.3 Å². The van der Waals surface area contributed by atoms with E-state index in [2.05, 4.69) is 25.6 Å². The molecule has 14 nitrogen and oxygen atoms in total. The highest BCUT2D eigenvalue weighted by Crippen LogP contribution is 2.39. The summed E-state index contributed by atoms with van der Waals surface area (Å²) in [5.41, 5.74) is 3.92. The highest BCUT2D eigenvalue weighted by Gasteiger charge is 2.38. The van der Waals surface area contributed by atoms with Gasteiger partial charge in [-0.25, -0.2) is 14.2 Å². The van der Waals surface area contributed by atoms with Gasteiger partial charge in [-0.15, -0.1) is 0 Å². The van der Waals surface area contributed by atoms with E-state index < -0.39 is 5.41 Å². The molecular formula is C33H37N9O5. The highest BCUT2D eigenvalue weighted by molar-refractivity contribution is 6.05. The molecule has 7 rings (SSSR count). The Hall–Kier alpha value is -5.24. The van der Waals surface area contributed by atoms with Crippen molar-refractivity contribution in [3.63, 3.8) is 0 Å². The van der Waals surface area contributed by atoms with Crippen molar-refractivity contribution in [3.8, 4) is 28.4 Å². The van der Waals surface area contributed by atoms with Crippen molar-refractivity contribution in [2.24, 2.45) is 5.41 Å². The zero-order chi connectivity index (χ0) is 32.5. The zero-order valence-electron chi connectivity index (χ0n) is 26.7. The first-order chi connectivity index (χ1) is 22.9. The highest BCUT2D eigenvalue weighted by atomic mass is 16.5. The fraction of sp³-hybridized carbons (Fsp3) is 0.394. The summed E-state index contributed by atoms with van der Waals surface area (Å²) in [6.45, 7) is 7.98. The van der Waals surface area contributed by atoms with Crippen LogP contribution in [-0.2, 0) is 9.53 Å². The molecule has 2 N–H and O–H groups in total. The molecule has 6 heterocycles. The topological polar surface area (TPSA) is 150 Å². The summed E-state index contributed by atoms with van der Waals surface area (Å²) in [7, 11) is 1.60. The lowest BCUT2D eigenvalue weighted by molar-refractivity contribution is -0.157. The van der Waals surface area contributed by atoms with E-state index in [0.29, 0.717) is 85.1 Å². The Morgan fingerprint density at radius 3 is 2.81 bits per heavy atom. The van der Waals surface area contributed by atoms with Gasteiger partial charge < -0.3 is 29.7 Å². The summed E-state index contributed by atoms with van der Waals surface area (Å²) in [6, 6.07) is 7.44. The van der Waals surface area contributed by atoms with Gasteiger partial charge in [0, 0.05) is 50.4 Å². The predicted molar refractivity (Wildman–Crippen MR) is 174 cm³/mol. The molecule has 5 aromatic rings. The first-order valence-corrected chi connectivity index (χ1v) is 15.8. The van der Waals surface area contributed by atoms with Crippen LogP contribution in [0.1, 0.15) is 37.2 Å². The molecule has 1 aromatic carbocycles. The number of carbonyl (C=O) groups is 2. The minimum absolute atomic E-state index is 0.136. The van der Waals surface area contributed by atoms with Gasteiger partial charge in [-0.1, -0.05) is 0 Å². The van der Waals surface area contributed by atoms with Crippen LogP contribution in [0, 0.1) is 5.41 Å². The molecule has 2 aliphatic heterocycles. The maximum absolute atomic E-state index is 13.7. The number of esters is 1. The van der Waals surface area contributed by atoms with E-state index in [1.165, 1.54) is 0 Å². The second-order valence-electron chi connectivity index (χ2n) is 12.0. The standard InChI is InChI=1S/C33H37N9O5/c1-4-46-32(44)33(2)6-12-40(13-7-33)14-9-36-31(43)29-22-19-37-23(21-20-38-41-11-5-8-35-30(21)41)16-25(22)42(39-29)26-18-27-24(17-28(26)45-3)34-10-15-47-27/h5,8,11,16-20,34H,4,6-7,9-10,12-15H2,1-3H3,(H,36,43). The number of rotatable bonds is 9. The third kappa shape index (κ3) is 5.69. The third-order valence-corrected chi connectivity index (χ3v) is 8.96. The minimum Gasteiger partial charge on any atom is -0.494 e. The molecule has 0 atom stereocenters. The van der Waals surface area contributed by atoms with Crippen LogP contribution in [0.2, 0.25) is 0 Å². The van der Waals surface area contributed by atoms with Crippen LogP contribution in [0.25, 0.3) is 33.5 Å². The number of nitrogens with one attached hydrogen (secondary N) is 2. The maximum Gasteiger partial charge on any atom is 0.311 e. The van der Waals surface area contributed by atoms with Crippen molar-refractivity contribution in [1.29, 1.82) is 0 Å². The molecule has 47 heavy (non-hydrogen) atoms. The lowest BCUT2D eigenvalue weighted by Crippen LogP contribution is -2.45. The van der Waals surface area contributed by atoms with E-state index in [1.807, 2.05) is 44.3 Å². The number of benzene rings is 1. The molecule has 244 valence electrons. The first-order valence-electron chi connectivity index (χ1n) is 15.8. The van der Waals surface area contributed by atoms with E-state index in [1.54, 1.807) is 34.9 Å². The molecule has 0 bridgehead atoms. The van der Waals surface area contributed by atoms with Crippen LogP contribution < -0.4 is 20.1 Å². The van der Waals surface area contributed by atoms with Crippen molar-refractivity contribution in [3.05, 3.63) is 54.7 Å². The number of piperidine rings is 1. The predicted octanol–water partition coefficient (Wildman–Crippen LogP) is 3.34. The summed E-state index contributed by atoms with van der Waals surface area (Å²) in [4.78, 5) is 37.6. The lowest BCUT2D eigenvalue weighted by atomic mass is 9.80. The van der Waals surface area contributed by atoms with Crippen LogP contribution in [0.3, 0.4) is 0 Å². The molecule has 4 aromatic heterocycles. The minimum atomic E-state index is -0.467. The Kier molecular flexibility index (Phi) is 8.10. The smallest absolute Gasteiger partial charge is 0.311 e. The number of fused-ring (bicyclic) bond motifs is 3. The Morgan fingerprint density at radius 2 is 2.00 bits per heavy atom. The second-order valence-corrected chi connectivity index (χ2v) is 12.0. The van der Waals surface area contributed by atoms with Crippen LogP contribution in [0.15, 0.2) is 49.1 Å². The van der Waals surface area contributed by atoms with Gasteiger partial charge in [0.1, 0.15) is 23.8 Å². The second kappa shape index (κ2) is 12.5. The summed E-state index contributed by atoms with van der Waals surface area (Å²) >= 11 is 0. The number of nitrogens with zero attached hydrogens (tertiary/aromatic N) is 7. The number of amides is 1. The average Bonchev–Trinajstić information content (AvgIpc) is 3.70. The number of anilines is 1. The Morgan fingerprint density at radius 1 is 1.15 bits per heavy atom. The first kappa shape index (κ1) is 30.4. The van der Waals surface area contributed by atoms with E-state index in [4.69, 9.17) is 24.3 Å². The van der Waals surface area contributed by atoms with Gasteiger partial charge in [-0.2, -0.15) is 10.2 Å². The molecule has 14 heteroatoms. The molecule has 0 aliphatic carbocycles. The van der Waals surface area contributed by atoms with Gasteiger partial charge in [0.25, 0.3) is 5.91 Å². The van der Waals surface area contributed by atoms with Crippen molar-refractivity contribution >= 4 is 34.1 Å². The quantitative estimate of drug-likeness (QED) is 0.229. The molecule has 1 saturated heterocycles. The summed E-state index contributed by atoms with van der Waals surface area (Å²) in [6.07, 6.45) is 8.35. The zero-order valence-corrected chi connectivity index (χ0v) is 26.7. The average molecular weight is 640 g/mol. The Labute approximate surface area is 271 Å².